The first kappa shape index (κ1) is 15.9. The van der Waals surface area contributed by atoms with Crippen LogP contribution >= 0.6 is 48.8 Å². The van der Waals surface area contributed by atoms with Crippen molar-refractivity contribution in [1.29, 1.82) is 5.41 Å². The van der Waals surface area contributed by atoms with Crippen molar-refractivity contribution >= 4 is 54.6 Å². The van der Waals surface area contributed by atoms with E-state index in [1.54, 1.807) is 0 Å². The fraction of sp³-hybridized carbons (Fsp3) is 0.889. The molecule has 15 heavy (non-hydrogen) atoms. The predicted molar refractivity (Wildman–Crippen MR) is 82.4 cm³/mol. The van der Waals surface area contributed by atoms with Gasteiger partial charge in [-0.05, 0) is 17.9 Å². The molecule has 0 saturated heterocycles. The van der Waals surface area contributed by atoms with E-state index < -0.39 is 0 Å². The summed E-state index contributed by atoms with van der Waals surface area (Å²) < 4.78 is 0. The van der Waals surface area contributed by atoms with Gasteiger partial charge >= 0.3 is 0 Å². The average Bonchev–Trinajstić information content (AvgIpc) is 2.21. The van der Waals surface area contributed by atoms with Gasteiger partial charge in [0.25, 0.3) is 0 Å². The summed E-state index contributed by atoms with van der Waals surface area (Å²) in [7, 11) is 0. The molecule has 0 spiro atoms. The molecule has 0 aromatic heterocycles. The Labute approximate surface area is 112 Å². The summed E-state index contributed by atoms with van der Waals surface area (Å²) in [6.07, 6.45) is 1.72. The van der Waals surface area contributed by atoms with Crippen molar-refractivity contribution in [3.8, 4) is 0 Å². The van der Waals surface area contributed by atoms with E-state index in [1.165, 1.54) is 0 Å². The third-order valence-electron chi connectivity index (χ3n) is 1.69. The second-order valence-electron chi connectivity index (χ2n) is 3.10. The maximum absolute atomic E-state index is 7.10. The van der Waals surface area contributed by atoms with E-state index in [0.717, 1.165) is 41.6 Å². The van der Waals surface area contributed by atoms with Crippen LogP contribution in [0.5, 0.6) is 0 Å². The summed E-state index contributed by atoms with van der Waals surface area (Å²) in [5, 5.41) is 7.72. The maximum atomic E-state index is 7.10. The normalized spacial score (nSPS) is 12.7. The Hall–Kier alpha value is 0.870. The Balaban J connectivity index is 3.39. The summed E-state index contributed by atoms with van der Waals surface area (Å²) in [6, 6.07) is 0. The molecule has 0 rings (SSSR count). The molecule has 0 heterocycles. The first-order valence-electron chi connectivity index (χ1n) is 4.94. The summed E-state index contributed by atoms with van der Waals surface area (Å²) in [5.41, 5.74) is 5.29. The molecule has 6 heteroatoms. The summed E-state index contributed by atoms with van der Waals surface area (Å²) in [4.78, 5) is 0. The molecule has 0 aromatic carbocycles. The van der Waals surface area contributed by atoms with Gasteiger partial charge in [-0.15, -0.1) is 0 Å². The lowest BCUT2D eigenvalue weighted by Crippen LogP contribution is -2.12. The minimum Gasteiger partial charge on any atom is -0.388 e. The van der Waals surface area contributed by atoms with Gasteiger partial charge in [-0.3, -0.25) is 5.41 Å². The average molecular weight is 285 g/mol. The van der Waals surface area contributed by atoms with Crippen LogP contribution in [0.25, 0.3) is 0 Å². The fourth-order valence-electron chi connectivity index (χ4n) is 0.945. The van der Waals surface area contributed by atoms with Gasteiger partial charge in [0.15, 0.2) is 0 Å². The van der Waals surface area contributed by atoms with E-state index in [1.807, 2.05) is 23.5 Å². The molecule has 0 bridgehead atoms. The van der Waals surface area contributed by atoms with Crippen molar-refractivity contribution in [3.05, 3.63) is 0 Å². The van der Waals surface area contributed by atoms with Gasteiger partial charge in [0, 0.05) is 28.9 Å². The first-order valence-corrected chi connectivity index (χ1v) is 8.41. The van der Waals surface area contributed by atoms with Gasteiger partial charge in [0.1, 0.15) is 0 Å². The van der Waals surface area contributed by atoms with Crippen molar-refractivity contribution in [1.82, 2.24) is 0 Å². The molecular weight excluding hydrogens is 264 g/mol. The number of hydrogen-bond acceptors (Lipinski definition) is 5. The van der Waals surface area contributed by atoms with Gasteiger partial charge < -0.3 is 5.73 Å². The third-order valence-corrected chi connectivity index (χ3v) is 5.57. The van der Waals surface area contributed by atoms with Gasteiger partial charge in [-0.1, -0.05) is 0 Å². The van der Waals surface area contributed by atoms with Crippen molar-refractivity contribution < 1.29 is 0 Å². The lowest BCUT2D eigenvalue weighted by atomic mass is 10.3. The molecule has 0 aliphatic carbocycles. The van der Waals surface area contributed by atoms with Gasteiger partial charge in [-0.2, -0.15) is 48.8 Å². The fourth-order valence-corrected chi connectivity index (χ4v) is 4.05. The second kappa shape index (κ2) is 11.4. The van der Waals surface area contributed by atoms with Crippen molar-refractivity contribution in [2.24, 2.45) is 5.73 Å². The second-order valence-corrected chi connectivity index (χ2v) is 6.47. The molecule has 2 nitrogen and oxygen atoms in total. The number of amidine groups is 1. The highest BCUT2D eigenvalue weighted by atomic mass is 32.2. The van der Waals surface area contributed by atoms with Gasteiger partial charge in [0.2, 0.25) is 0 Å². The smallest absolute Gasteiger partial charge is 0.0905 e. The molecule has 3 N–H and O–H groups in total. The highest BCUT2D eigenvalue weighted by Crippen LogP contribution is 2.19. The molecule has 0 aliphatic rings. The van der Waals surface area contributed by atoms with E-state index in [9.17, 15) is 0 Å². The third kappa shape index (κ3) is 11.1. The Morgan fingerprint density at radius 2 is 2.07 bits per heavy atom. The highest BCUT2D eigenvalue weighted by molar-refractivity contribution is 8.04. The largest absolute Gasteiger partial charge is 0.388 e. The minimum absolute atomic E-state index is 0.294. The van der Waals surface area contributed by atoms with Gasteiger partial charge in [0.05, 0.1) is 5.84 Å². The summed E-state index contributed by atoms with van der Waals surface area (Å²) in [6.45, 7) is 0. The number of hydrogen-bond donors (Lipinski definition) is 4. The SMILES string of the molecule is N=C(N)CCCSC(CS)CSCCS. The Morgan fingerprint density at radius 1 is 1.33 bits per heavy atom. The Kier molecular flexibility index (Phi) is 12.0. The van der Waals surface area contributed by atoms with Crippen LogP contribution in [0.1, 0.15) is 12.8 Å². The minimum atomic E-state index is 0.294. The first-order chi connectivity index (χ1) is 7.20. The van der Waals surface area contributed by atoms with Crippen molar-refractivity contribution in [3.63, 3.8) is 0 Å². The van der Waals surface area contributed by atoms with Gasteiger partial charge in [-0.25, -0.2) is 0 Å². The van der Waals surface area contributed by atoms with Crippen LogP contribution in [0.3, 0.4) is 0 Å². The predicted octanol–water partition coefficient (Wildman–Crippen LogP) is 2.40. The number of thiol groups is 2. The molecule has 0 aliphatic heterocycles. The molecule has 0 radical (unpaired) electrons. The van der Waals surface area contributed by atoms with Crippen molar-refractivity contribution in [2.45, 2.75) is 18.1 Å². The van der Waals surface area contributed by atoms with E-state index >= 15 is 0 Å². The standard InChI is InChI=1S/C9H20N2S4/c10-9(11)2-1-4-15-8(6-13)7-14-5-3-12/h8,12-13H,1-7H2,(H3,10,11). The van der Waals surface area contributed by atoms with E-state index in [4.69, 9.17) is 11.1 Å². The number of nitrogens with two attached hydrogens (primary N) is 1. The molecule has 0 saturated carbocycles. The summed E-state index contributed by atoms with van der Waals surface area (Å²) >= 11 is 12.4. The molecule has 1 unspecified atom stereocenters. The van der Waals surface area contributed by atoms with Crippen LogP contribution < -0.4 is 5.73 Å². The molecule has 0 amide bonds. The monoisotopic (exact) mass is 284 g/mol. The van der Waals surface area contributed by atoms with Crippen molar-refractivity contribution in [2.75, 3.05) is 28.8 Å². The molecular formula is C9H20N2S4. The van der Waals surface area contributed by atoms with Crippen LogP contribution in [-0.4, -0.2) is 39.8 Å². The molecule has 90 valence electrons. The lowest BCUT2D eigenvalue weighted by Gasteiger charge is -2.13. The van der Waals surface area contributed by atoms with Crippen LogP contribution in [0.15, 0.2) is 0 Å². The number of thioether (sulfide) groups is 2. The van der Waals surface area contributed by atoms with Crippen LogP contribution in [0, 0.1) is 5.41 Å². The lowest BCUT2D eigenvalue weighted by molar-refractivity contribution is 0.982. The molecule has 1 atom stereocenters. The quantitative estimate of drug-likeness (QED) is 0.216. The van der Waals surface area contributed by atoms with E-state index in [0.29, 0.717) is 11.1 Å². The molecule has 0 aromatic rings. The van der Waals surface area contributed by atoms with E-state index in [2.05, 4.69) is 25.3 Å². The Bertz CT molecular complexity index is 166. The van der Waals surface area contributed by atoms with Crippen LogP contribution in [0.4, 0.5) is 0 Å². The molecule has 0 fully saturated rings. The zero-order valence-electron chi connectivity index (χ0n) is 8.82. The topological polar surface area (TPSA) is 49.9 Å². The van der Waals surface area contributed by atoms with Crippen LogP contribution in [-0.2, 0) is 0 Å². The number of rotatable bonds is 10. The van der Waals surface area contributed by atoms with Crippen LogP contribution in [0.2, 0.25) is 0 Å². The highest BCUT2D eigenvalue weighted by Gasteiger charge is 2.06. The maximum Gasteiger partial charge on any atom is 0.0905 e. The number of nitrogens with one attached hydrogen (secondary N) is 1. The zero-order chi connectivity index (χ0) is 11.5. The van der Waals surface area contributed by atoms with E-state index in [-0.39, 0.29) is 0 Å². The summed E-state index contributed by atoms with van der Waals surface area (Å²) in [5.74, 6) is 5.49. The zero-order valence-corrected chi connectivity index (χ0v) is 12.2. The Morgan fingerprint density at radius 3 is 2.60 bits per heavy atom.